The van der Waals surface area contributed by atoms with E-state index in [1.807, 2.05) is 42.5 Å². The van der Waals surface area contributed by atoms with Gasteiger partial charge in [-0.3, -0.25) is 9.59 Å². The smallest absolute Gasteiger partial charge is 0.266 e. The first-order valence-corrected chi connectivity index (χ1v) is 12.5. The summed E-state index contributed by atoms with van der Waals surface area (Å²) in [7, 11) is 0. The summed E-state index contributed by atoms with van der Waals surface area (Å²) in [5.41, 5.74) is 6.25. The molecule has 5 aromatic carbocycles. The Hall–Kier alpha value is -5.23. The molecule has 180 valence electrons. The van der Waals surface area contributed by atoms with Crippen molar-refractivity contribution in [3.05, 3.63) is 108 Å². The molecule has 7 aromatic rings. The third-order valence-electron chi connectivity index (χ3n) is 7.63. The molecule has 8 rings (SSSR count). The SMILES string of the molecule is Cc1[nH]c2ccccc2c1-c1nc2c3ccccc3c3ccc(N4C(=O)c5ccccc5C4=O)cc3c2[nH]1. The number of benzene rings is 5. The first-order valence-electron chi connectivity index (χ1n) is 12.5. The number of nitrogens with zero attached hydrogens (tertiary/aromatic N) is 2. The van der Waals surface area contributed by atoms with Crippen molar-refractivity contribution in [2.24, 2.45) is 0 Å². The Morgan fingerprint density at radius 3 is 2.05 bits per heavy atom. The number of aryl methyl sites for hydroxylation is 1. The lowest BCUT2D eigenvalue weighted by Gasteiger charge is -2.15. The lowest BCUT2D eigenvalue weighted by molar-refractivity contribution is 0.0926. The van der Waals surface area contributed by atoms with E-state index < -0.39 is 0 Å². The number of aromatic nitrogens is 3. The number of rotatable bonds is 2. The van der Waals surface area contributed by atoms with Crippen LogP contribution in [0.5, 0.6) is 0 Å². The second kappa shape index (κ2) is 7.40. The van der Waals surface area contributed by atoms with E-state index in [1.165, 1.54) is 4.90 Å². The molecule has 2 N–H and O–H groups in total. The molecular formula is C32H20N4O2. The molecule has 2 amide bonds. The molecule has 0 atom stereocenters. The number of nitrogens with one attached hydrogen (secondary N) is 2. The second-order valence-electron chi connectivity index (χ2n) is 9.75. The Labute approximate surface area is 216 Å². The topological polar surface area (TPSA) is 81.8 Å². The molecule has 0 spiro atoms. The summed E-state index contributed by atoms with van der Waals surface area (Å²) < 4.78 is 0. The maximum atomic E-state index is 13.2. The summed E-state index contributed by atoms with van der Waals surface area (Å²) in [6.45, 7) is 2.05. The molecule has 0 radical (unpaired) electrons. The Bertz CT molecular complexity index is 2120. The predicted molar refractivity (Wildman–Crippen MR) is 151 cm³/mol. The summed E-state index contributed by atoms with van der Waals surface area (Å²) in [5, 5.41) is 5.15. The van der Waals surface area contributed by atoms with Gasteiger partial charge in [-0.2, -0.15) is 0 Å². The molecule has 6 heteroatoms. The van der Waals surface area contributed by atoms with E-state index in [0.717, 1.165) is 60.6 Å². The second-order valence-corrected chi connectivity index (χ2v) is 9.75. The number of amides is 2. The molecular weight excluding hydrogens is 472 g/mol. The van der Waals surface area contributed by atoms with Crippen molar-refractivity contribution in [2.45, 2.75) is 6.92 Å². The summed E-state index contributed by atoms with van der Waals surface area (Å²) in [4.78, 5) is 39.9. The van der Waals surface area contributed by atoms with E-state index in [2.05, 4.69) is 41.2 Å². The van der Waals surface area contributed by atoms with Gasteiger partial charge in [-0.15, -0.1) is 0 Å². The van der Waals surface area contributed by atoms with Crippen molar-refractivity contribution in [3.8, 4) is 11.4 Å². The number of fused-ring (bicyclic) bond motifs is 8. The number of carbonyl (C=O) groups excluding carboxylic acids is 2. The van der Waals surface area contributed by atoms with Crippen LogP contribution in [0.15, 0.2) is 91.0 Å². The van der Waals surface area contributed by atoms with Gasteiger partial charge < -0.3 is 9.97 Å². The Morgan fingerprint density at radius 1 is 0.658 bits per heavy atom. The summed E-state index contributed by atoms with van der Waals surface area (Å²) in [6.07, 6.45) is 0. The van der Waals surface area contributed by atoms with Crippen LogP contribution < -0.4 is 4.90 Å². The van der Waals surface area contributed by atoms with Crippen molar-refractivity contribution in [1.82, 2.24) is 15.0 Å². The van der Waals surface area contributed by atoms with Crippen LogP contribution in [-0.2, 0) is 0 Å². The highest BCUT2D eigenvalue weighted by atomic mass is 16.2. The third kappa shape index (κ3) is 2.69. The largest absolute Gasteiger partial charge is 0.358 e. The zero-order chi connectivity index (χ0) is 25.5. The number of H-pyrrole nitrogens is 2. The molecule has 3 heterocycles. The first kappa shape index (κ1) is 20.9. The van der Waals surface area contributed by atoms with Crippen LogP contribution in [0.25, 0.3) is 54.9 Å². The average Bonchev–Trinajstić information content (AvgIpc) is 3.60. The van der Waals surface area contributed by atoms with E-state index in [4.69, 9.17) is 4.98 Å². The van der Waals surface area contributed by atoms with Gasteiger partial charge in [0.1, 0.15) is 5.82 Å². The van der Waals surface area contributed by atoms with Gasteiger partial charge in [-0.1, -0.05) is 60.7 Å². The summed E-state index contributed by atoms with van der Waals surface area (Å²) >= 11 is 0. The molecule has 6 nitrogen and oxygen atoms in total. The fourth-order valence-electron chi connectivity index (χ4n) is 5.92. The van der Waals surface area contributed by atoms with Crippen molar-refractivity contribution >= 4 is 61.0 Å². The van der Waals surface area contributed by atoms with E-state index in [9.17, 15) is 9.59 Å². The zero-order valence-electron chi connectivity index (χ0n) is 20.4. The van der Waals surface area contributed by atoms with Crippen molar-refractivity contribution in [2.75, 3.05) is 4.90 Å². The maximum absolute atomic E-state index is 13.2. The zero-order valence-corrected chi connectivity index (χ0v) is 20.4. The van der Waals surface area contributed by atoms with Crippen LogP contribution >= 0.6 is 0 Å². The Balaban J connectivity index is 1.41. The number of hydrogen-bond donors (Lipinski definition) is 2. The number of para-hydroxylation sites is 1. The van der Waals surface area contributed by atoms with Crippen LogP contribution in [0.4, 0.5) is 5.69 Å². The van der Waals surface area contributed by atoms with Gasteiger partial charge in [0.2, 0.25) is 0 Å². The van der Waals surface area contributed by atoms with Gasteiger partial charge in [0.05, 0.1) is 27.8 Å². The first-order chi connectivity index (χ1) is 18.6. The number of carbonyl (C=O) groups is 2. The Morgan fingerprint density at radius 2 is 1.29 bits per heavy atom. The highest BCUT2D eigenvalue weighted by molar-refractivity contribution is 6.35. The molecule has 0 bridgehead atoms. The van der Waals surface area contributed by atoms with Crippen LogP contribution in [0, 0.1) is 6.92 Å². The van der Waals surface area contributed by atoms with Gasteiger partial charge in [0.15, 0.2) is 0 Å². The molecule has 1 aliphatic rings. The fourth-order valence-corrected chi connectivity index (χ4v) is 5.92. The van der Waals surface area contributed by atoms with E-state index >= 15 is 0 Å². The normalized spacial score (nSPS) is 13.4. The van der Waals surface area contributed by atoms with E-state index in [-0.39, 0.29) is 11.8 Å². The average molecular weight is 493 g/mol. The standard InChI is InChI=1S/C32H20N4O2/c1-17-27(24-12-6-7-13-26(24)33-17)30-34-28-21-9-3-2-8-19(21)20-15-14-18(16-25(20)29(28)35-30)36-31(37)22-10-4-5-11-23(22)32(36)38/h2-16,33H,1H3,(H,34,35). The quantitative estimate of drug-likeness (QED) is 0.199. The van der Waals surface area contributed by atoms with Gasteiger partial charge in [0, 0.05) is 32.9 Å². The number of imide groups is 1. The van der Waals surface area contributed by atoms with Crippen molar-refractivity contribution < 1.29 is 9.59 Å². The monoisotopic (exact) mass is 492 g/mol. The summed E-state index contributed by atoms with van der Waals surface area (Å²) in [6, 6.07) is 29.1. The lowest BCUT2D eigenvalue weighted by atomic mass is 9.99. The van der Waals surface area contributed by atoms with Crippen LogP contribution in [0.1, 0.15) is 26.4 Å². The fraction of sp³-hybridized carbons (Fsp3) is 0.0312. The molecule has 0 fully saturated rings. The van der Waals surface area contributed by atoms with Crippen LogP contribution in [0.2, 0.25) is 0 Å². The summed E-state index contributed by atoms with van der Waals surface area (Å²) in [5.74, 6) is 0.169. The minimum absolute atomic E-state index is 0.304. The van der Waals surface area contributed by atoms with Crippen molar-refractivity contribution in [1.29, 1.82) is 0 Å². The highest BCUT2D eigenvalue weighted by Crippen LogP contribution is 2.40. The number of anilines is 1. The molecule has 2 aromatic heterocycles. The highest BCUT2D eigenvalue weighted by Gasteiger charge is 2.36. The minimum atomic E-state index is -0.304. The third-order valence-corrected chi connectivity index (χ3v) is 7.63. The van der Waals surface area contributed by atoms with Gasteiger partial charge >= 0.3 is 0 Å². The van der Waals surface area contributed by atoms with Gasteiger partial charge in [-0.05, 0) is 48.0 Å². The Kier molecular flexibility index (Phi) is 4.07. The molecule has 0 unspecified atom stereocenters. The lowest BCUT2D eigenvalue weighted by Crippen LogP contribution is -2.29. The van der Waals surface area contributed by atoms with E-state index in [1.54, 1.807) is 24.3 Å². The maximum Gasteiger partial charge on any atom is 0.266 e. The molecule has 0 aliphatic carbocycles. The predicted octanol–water partition coefficient (Wildman–Crippen LogP) is 7.13. The molecule has 0 saturated carbocycles. The van der Waals surface area contributed by atoms with E-state index in [0.29, 0.717) is 16.8 Å². The molecule has 0 saturated heterocycles. The van der Waals surface area contributed by atoms with Crippen LogP contribution in [0.3, 0.4) is 0 Å². The van der Waals surface area contributed by atoms with Gasteiger partial charge in [-0.25, -0.2) is 9.88 Å². The number of imidazole rings is 1. The van der Waals surface area contributed by atoms with Crippen LogP contribution in [-0.4, -0.2) is 26.8 Å². The molecule has 1 aliphatic heterocycles. The minimum Gasteiger partial charge on any atom is -0.358 e. The van der Waals surface area contributed by atoms with Gasteiger partial charge in [0.25, 0.3) is 11.8 Å². The number of hydrogen-bond acceptors (Lipinski definition) is 3. The molecule has 38 heavy (non-hydrogen) atoms. The number of aromatic amines is 2. The van der Waals surface area contributed by atoms with Crippen molar-refractivity contribution in [3.63, 3.8) is 0 Å².